The molecule has 3 rings (SSSR count). The molecule has 1 N–H and O–H groups in total. The maximum Gasteiger partial charge on any atom is 0.243 e. The van der Waals surface area contributed by atoms with Crippen LogP contribution < -0.4 is 10.2 Å². The molecule has 1 amide bonds. The fourth-order valence-corrected chi connectivity index (χ4v) is 2.72. The predicted octanol–water partition coefficient (Wildman–Crippen LogP) is 1.38. The number of nitriles is 1. The molecule has 1 aliphatic rings. The molecule has 1 fully saturated rings. The number of rotatable bonds is 5. The van der Waals surface area contributed by atoms with Crippen LogP contribution in [-0.2, 0) is 9.53 Å². The largest absolute Gasteiger partial charge is 0.378 e. The van der Waals surface area contributed by atoms with E-state index in [1.807, 2.05) is 29.2 Å². The van der Waals surface area contributed by atoms with Crippen molar-refractivity contribution in [3.05, 3.63) is 42.6 Å². The van der Waals surface area contributed by atoms with E-state index in [4.69, 9.17) is 4.74 Å². The van der Waals surface area contributed by atoms with Gasteiger partial charge in [-0.15, -0.1) is 6.58 Å². The fraction of sp³-hybridized carbons (Fsp3) is 0.333. The number of carbonyl (C=O) groups is 1. The summed E-state index contributed by atoms with van der Waals surface area (Å²) in [5.41, 5.74) is 1.77. The Morgan fingerprint density at radius 2 is 2.04 bits per heavy atom. The average molecular weight is 337 g/mol. The molecule has 0 saturated carbocycles. The van der Waals surface area contributed by atoms with Gasteiger partial charge in [-0.25, -0.2) is 9.97 Å². The standard InChI is InChI=1S/C18H19N5O2/c1-2-7-20-18(24)13(12-19)16-17(23-8-10-25-11-9-23)22-15-6-4-3-5-14(15)21-16/h2-6,13H,1,7-11H2,(H,20,24). The average Bonchev–Trinajstić information content (AvgIpc) is 2.67. The summed E-state index contributed by atoms with van der Waals surface area (Å²) in [4.78, 5) is 23.7. The number of nitrogens with zero attached hydrogens (tertiary/aromatic N) is 4. The molecule has 1 saturated heterocycles. The molecule has 0 aliphatic carbocycles. The molecule has 1 aromatic carbocycles. The molecule has 25 heavy (non-hydrogen) atoms. The van der Waals surface area contributed by atoms with Crippen LogP contribution in [0.25, 0.3) is 11.0 Å². The van der Waals surface area contributed by atoms with Gasteiger partial charge in [-0.1, -0.05) is 18.2 Å². The highest BCUT2D eigenvalue weighted by atomic mass is 16.5. The molecule has 1 unspecified atom stereocenters. The third-order valence-electron chi connectivity index (χ3n) is 3.97. The zero-order chi connectivity index (χ0) is 17.6. The van der Waals surface area contributed by atoms with Gasteiger partial charge in [0.1, 0.15) is 5.69 Å². The van der Waals surface area contributed by atoms with Crippen molar-refractivity contribution in [1.29, 1.82) is 5.26 Å². The van der Waals surface area contributed by atoms with Crippen molar-refractivity contribution in [2.75, 3.05) is 37.7 Å². The van der Waals surface area contributed by atoms with Gasteiger partial charge < -0.3 is 15.0 Å². The maximum absolute atomic E-state index is 12.4. The number of anilines is 1. The Kier molecular flexibility index (Phi) is 5.21. The smallest absolute Gasteiger partial charge is 0.243 e. The number of nitrogens with one attached hydrogen (secondary N) is 1. The van der Waals surface area contributed by atoms with Crippen molar-refractivity contribution in [2.24, 2.45) is 0 Å². The second-order valence-electron chi connectivity index (χ2n) is 5.62. The maximum atomic E-state index is 12.4. The molecule has 1 atom stereocenters. The number of hydrogen-bond donors (Lipinski definition) is 1. The Bertz CT molecular complexity index is 824. The number of amides is 1. The Morgan fingerprint density at radius 1 is 1.36 bits per heavy atom. The van der Waals surface area contributed by atoms with E-state index in [1.165, 1.54) is 0 Å². The van der Waals surface area contributed by atoms with Crippen molar-refractivity contribution in [3.8, 4) is 6.07 Å². The number of carbonyl (C=O) groups excluding carboxylic acids is 1. The van der Waals surface area contributed by atoms with Crippen molar-refractivity contribution < 1.29 is 9.53 Å². The van der Waals surface area contributed by atoms with Crippen molar-refractivity contribution >= 4 is 22.8 Å². The number of benzene rings is 1. The molecule has 0 bridgehead atoms. The zero-order valence-electron chi connectivity index (χ0n) is 13.8. The molecule has 1 aliphatic heterocycles. The predicted molar refractivity (Wildman–Crippen MR) is 94.1 cm³/mol. The topological polar surface area (TPSA) is 91.1 Å². The van der Waals surface area contributed by atoms with E-state index in [0.29, 0.717) is 49.9 Å². The molecule has 1 aromatic heterocycles. The molecular weight excluding hydrogens is 318 g/mol. The molecule has 0 radical (unpaired) electrons. The summed E-state index contributed by atoms with van der Waals surface area (Å²) in [6.07, 6.45) is 1.57. The highest BCUT2D eigenvalue weighted by Gasteiger charge is 2.29. The summed E-state index contributed by atoms with van der Waals surface area (Å²) < 4.78 is 5.39. The van der Waals surface area contributed by atoms with Gasteiger partial charge in [0.25, 0.3) is 0 Å². The van der Waals surface area contributed by atoms with Gasteiger partial charge in [0.2, 0.25) is 5.91 Å². The van der Waals surface area contributed by atoms with Gasteiger partial charge in [0, 0.05) is 19.6 Å². The lowest BCUT2D eigenvalue weighted by molar-refractivity contribution is -0.121. The lowest BCUT2D eigenvalue weighted by atomic mass is 10.0. The van der Waals surface area contributed by atoms with E-state index in [0.717, 1.165) is 5.52 Å². The molecule has 7 heteroatoms. The molecule has 128 valence electrons. The summed E-state index contributed by atoms with van der Waals surface area (Å²) in [6, 6.07) is 9.50. The summed E-state index contributed by atoms with van der Waals surface area (Å²) in [5.74, 6) is -0.862. The lowest BCUT2D eigenvalue weighted by Crippen LogP contribution is -2.38. The van der Waals surface area contributed by atoms with Crippen LogP contribution in [0.4, 0.5) is 5.82 Å². The van der Waals surface area contributed by atoms with E-state index < -0.39 is 11.8 Å². The molecule has 2 aromatic rings. The highest BCUT2D eigenvalue weighted by molar-refractivity contribution is 5.89. The van der Waals surface area contributed by atoms with Crippen molar-refractivity contribution in [2.45, 2.75) is 5.92 Å². The Balaban J connectivity index is 2.08. The monoisotopic (exact) mass is 337 g/mol. The van der Waals surface area contributed by atoms with E-state index >= 15 is 0 Å². The van der Waals surface area contributed by atoms with Crippen LogP contribution >= 0.6 is 0 Å². The summed E-state index contributed by atoms with van der Waals surface area (Å²) in [6.45, 7) is 6.32. The van der Waals surface area contributed by atoms with Gasteiger partial charge in [0.05, 0.1) is 30.3 Å². The van der Waals surface area contributed by atoms with E-state index in [-0.39, 0.29) is 0 Å². The third-order valence-corrected chi connectivity index (χ3v) is 3.97. The Labute approximate surface area is 145 Å². The minimum Gasteiger partial charge on any atom is -0.378 e. The van der Waals surface area contributed by atoms with Gasteiger partial charge in [0.15, 0.2) is 11.7 Å². The molecular formula is C18H19N5O2. The third kappa shape index (κ3) is 3.59. The van der Waals surface area contributed by atoms with Crippen LogP contribution in [0.1, 0.15) is 11.6 Å². The second-order valence-corrected chi connectivity index (χ2v) is 5.62. The normalized spacial score (nSPS) is 15.4. The van der Waals surface area contributed by atoms with Crippen LogP contribution in [0.2, 0.25) is 0 Å². The minimum absolute atomic E-state index is 0.297. The number of aromatic nitrogens is 2. The first-order valence-electron chi connectivity index (χ1n) is 8.12. The number of hydrogen-bond acceptors (Lipinski definition) is 6. The zero-order valence-corrected chi connectivity index (χ0v) is 13.8. The number of morpholine rings is 1. The van der Waals surface area contributed by atoms with Crippen LogP contribution in [0.3, 0.4) is 0 Å². The lowest BCUT2D eigenvalue weighted by Gasteiger charge is -2.29. The van der Waals surface area contributed by atoms with Gasteiger partial charge in [-0.2, -0.15) is 5.26 Å². The fourth-order valence-electron chi connectivity index (χ4n) is 2.72. The van der Waals surface area contributed by atoms with Gasteiger partial charge in [-0.3, -0.25) is 4.79 Å². The van der Waals surface area contributed by atoms with E-state index in [9.17, 15) is 10.1 Å². The van der Waals surface area contributed by atoms with Gasteiger partial charge >= 0.3 is 0 Å². The summed E-state index contributed by atoms with van der Waals surface area (Å²) in [5, 5.41) is 12.3. The highest BCUT2D eigenvalue weighted by Crippen LogP contribution is 2.27. The number of fused-ring (bicyclic) bond motifs is 1. The first-order chi connectivity index (χ1) is 12.2. The van der Waals surface area contributed by atoms with Crippen LogP contribution in [-0.4, -0.2) is 48.7 Å². The van der Waals surface area contributed by atoms with E-state index in [2.05, 4.69) is 27.9 Å². The molecule has 2 heterocycles. The Morgan fingerprint density at radius 3 is 2.68 bits per heavy atom. The summed E-state index contributed by atoms with van der Waals surface area (Å²) in [7, 11) is 0. The molecule has 7 nitrogen and oxygen atoms in total. The summed E-state index contributed by atoms with van der Waals surface area (Å²) >= 11 is 0. The minimum atomic E-state index is -1.03. The van der Waals surface area contributed by atoms with Crippen molar-refractivity contribution in [1.82, 2.24) is 15.3 Å². The Hall–Kier alpha value is -2.98. The van der Waals surface area contributed by atoms with Crippen LogP contribution in [0.15, 0.2) is 36.9 Å². The SMILES string of the molecule is C=CCNC(=O)C(C#N)c1nc2ccccc2nc1N1CCOCC1. The first-order valence-corrected chi connectivity index (χ1v) is 8.12. The first kappa shape index (κ1) is 16.9. The van der Waals surface area contributed by atoms with Crippen molar-refractivity contribution in [3.63, 3.8) is 0 Å². The second kappa shape index (κ2) is 7.73. The quantitative estimate of drug-likeness (QED) is 0.829. The number of ether oxygens (including phenoxy) is 1. The van der Waals surface area contributed by atoms with Crippen LogP contribution in [0.5, 0.6) is 0 Å². The van der Waals surface area contributed by atoms with Gasteiger partial charge in [-0.05, 0) is 12.1 Å². The number of para-hydroxylation sites is 2. The van der Waals surface area contributed by atoms with Crippen LogP contribution in [0, 0.1) is 11.3 Å². The molecule has 0 spiro atoms. The van der Waals surface area contributed by atoms with E-state index in [1.54, 1.807) is 6.08 Å².